The van der Waals surface area contributed by atoms with Gasteiger partial charge in [-0.15, -0.1) is 0 Å². The summed E-state index contributed by atoms with van der Waals surface area (Å²) in [5.41, 5.74) is 8.33. The lowest BCUT2D eigenvalue weighted by Crippen LogP contribution is -2.52. The molecule has 1 aromatic rings. The highest BCUT2D eigenvalue weighted by molar-refractivity contribution is 5.23. The Morgan fingerprint density at radius 1 is 1.35 bits per heavy atom. The van der Waals surface area contributed by atoms with Crippen molar-refractivity contribution < 1.29 is 4.74 Å². The minimum Gasteiger partial charge on any atom is -0.378 e. The van der Waals surface area contributed by atoms with Crippen LogP contribution in [0.3, 0.4) is 0 Å². The van der Waals surface area contributed by atoms with Crippen molar-refractivity contribution >= 4 is 0 Å². The van der Waals surface area contributed by atoms with Gasteiger partial charge in [-0.25, -0.2) is 0 Å². The summed E-state index contributed by atoms with van der Waals surface area (Å²) in [5.74, 6) is 0. The first kappa shape index (κ1) is 12.6. The smallest absolute Gasteiger partial charge is 0.0645 e. The highest BCUT2D eigenvalue weighted by Gasteiger charge is 2.30. The van der Waals surface area contributed by atoms with E-state index >= 15 is 0 Å². The van der Waals surface area contributed by atoms with Crippen LogP contribution in [0.15, 0.2) is 24.3 Å². The zero-order valence-electron chi connectivity index (χ0n) is 10.8. The number of nitrogens with two attached hydrogens (primary N) is 1. The number of ether oxygens (including phenoxy) is 1. The number of hydrogen-bond donors (Lipinski definition) is 1. The lowest BCUT2D eigenvalue weighted by molar-refractivity contribution is -0.0552. The van der Waals surface area contributed by atoms with E-state index in [1.165, 1.54) is 11.1 Å². The SMILES string of the molecule is CC1(C)COCCN1Cc1cccc(CN)c1. The van der Waals surface area contributed by atoms with Gasteiger partial charge in [-0.1, -0.05) is 24.3 Å². The van der Waals surface area contributed by atoms with Crippen LogP contribution >= 0.6 is 0 Å². The molecule has 0 atom stereocenters. The molecule has 0 aliphatic carbocycles. The standard InChI is InChI=1S/C14H22N2O/c1-14(2)11-17-7-6-16(14)10-13-5-3-4-12(8-13)9-15/h3-5,8H,6-7,9-11,15H2,1-2H3. The van der Waals surface area contributed by atoms with Gasteiger partial charge in [0.25, 0.3) is 0 Å². The molecule has 1 aliphatic heterocycles. The van der Waals surface area contributed by atoms with E-state index in [0.29, 0.717) is 6.54 Å². The quantitative estimate of drug-likeness (QED) is 0.866. The molecule has 2 N–H and O–H groups in total. The van der Waals surface area contributed by atoms with Gasteiger partial charge in [0.1, 0.15) is 0 Å². The summed E-state index contributed by atoms with van der Waals surface area (Å²) in [7, 11) is 0. The summed E-state index contributed by atoms with van der Waals surface area (Å²) >= 11 is 0. The molecule has 1 aliphatic rings. The van der Waals surface area contributed by atoms with Crippen LogP contribution in [0.2, 0.25) is 0 Å². The summed E-state index contributed by atoms with van der Waals surface area (Å²) in [6.07, 6.45) is 0. The van der Waals surface area contributed by atoms with Crippen molar-refractivity contribution in [1.82, 2.24) is 4.90 Å². The van der Waals surface area contributed by atoms with E-state index in [-0.39, 0.29) is 5.54 Å². The maximum absolute atomic E-state index is 5.67. The van der Waals surface area contributed by atoms with Crippen LogP contribution in [0.25, 0.3) is 0 Å². The largest absolute Gasteiger partial charge is 0.378 e. The molecule has 1 saturated heterocycles. The Balaban J connectivity index is 2.08. The van der Waals surface area contributed by atoms with Crippen LogP contribution in [0, 0.1) is 0 Å². The van der Waals surface area contributed by atoms with Crippen LogP contribution in [-0.2, 0) is 17.8 Å². The summed E-state index contributed by atoms with van der Waals surface area (Å²) in [5, 5.41) is 0. The van der Waals surface area contributed by atoms with Crippen molar-refractivity contribution in [3.63, 3.8) is 0 Å². The fourth-order valence-electron chi connectivity index (χ4n) is 2.26. The van der Waals surface area contributed by atoms with Crippen molar-refractivity contribution in [3.8, 4) is 0 Å². The Kier molecular flexibility index (Phi) is 3.82. The second-order valence-corrected chi connectivity index (χ2v) is 5.31. The molecule has 3 heteroatoms. The molecule has 0 spiro atoms. The number of hydrogen-bond acceptors (Lipinski definition) is 3. The summed E-state index contributed by atoms with van der Waals surface area (Å²) in [4.78, 5) is 2.48. The maximum atomic E-state index is 5.67. The highest BCUT2D eigenvalue weighted by atomic mass is 16.5. The first-order valence-electron chi connectivity index (χ1n) is 6.22. The fraction of sp³-hybridized carbons (Fsp3) is 0.571. The maximum Gasteiger partial charge on any atom is 0.0645 e. The lowest BCUT2D eigenvalue weighted by atomic mass is 10.0. The Hall–Kier alpha value is -0.900. The predicted octanol–water partition coefficient (Wildman–Crippen LogP) is 1.76. The monoisotopic (exact) mass is 234 g/mol. The van der Waals surface area contributed by atoms with Crippen LogP contribution in [-0.4, -0.2) is 30.2 Å². The molecule has 0 unspecified atom stereocenters. The third kappa shape index (κ3) is 3.06. The van der Waals surface area contributed by atoms with Gasteiger partial charge in [-0.3, -0.25) is 4.90 Å². The molecule has 0 saturated carbocycles. The molecule has 0 amide bonds. The topological polar surface area (TPSA) is 38.5 Å². The average Bonchev–Trinajstić information content (AvgIpc) is 2.32. The van der Waals surface area contributed by atoms with Gasteiger partial charge in [-0.05, 0) is 25.0 Å². The second kappa shape index (κ2) is 5.17. The lowest BCUT2D eigenvalue weighted by Gasteiger charge is -2.42. The molecule has 1 heterocycles. The summed E-state index contributed by atoms with van der Waals surface area (Å²) in [6.45, 7) is 8.70. The summed E-state index contributed by atoms with van der Waals surface area (Å²) < 4.78 is 5.54. The minimum atomic E-state index is 0.122. The normalized spacial score (nSPS) is 20.4. The van der Waals surface area contributed by atoms with Gasteiger partial charge in [0.05, 0.1) is 13.2 Å². The molecule has 0 aromatic heterocycles. The molecule has 3 nitrogen and oxygen atoms in total. The van der Waals surface area contributed by atoms with Gasteiger partial charge in [-0.2, -0.15) is 0 Å². The number of benzene rings is 1. The third-order valence-electron chi connectivity index (χ3n) is 3.42. The zero-order valence-corrected chi connectivity index (χ0v) is 10.8. The first-order valence-corrected chi connectivity index (χ1v) is 6.22. The van der Waals surface area contributed by atoms with Crippen molar-refractivity contribution in [2.45, 2.75) is 32.5 Å². The average molecular weight is 234 g/mol. The molecule has 1 aromatic carbocycles. The number of morpholine rings is 1. The molecule has 0 radical (unpaired) electrons. The van der Waals surface area contributed by atoms with Crippen LogP contribution in [0.5, 0.6) is 0 Å². The number of rotatable bonds is 3. The van der Waals surface area contributed by atoms with Crippen molar-refractivity contribution in [2.24, 2.45) is 5.73 Å². The Labute approximate surface area is 104 Å². The van der Waals surface area contributed by atoms with E-state index in [0.717, 1.165) is 26.3 Å². The van der Waals surface area contributed by atoms with Crippen LogP contribution in [0.1, 0.15) is 25.0 Å². The van der Waals surface area contributed by atoms with E-state index < -0.39 is 0 Å². The predicted molar refractivity (Wildman–Crippen MR) is 69.6 cm³/mol. The Morgan fingerprint density at radius 3 is 2.82 bits per heavy atom. The van der Waals surface area contributed by atoms with Crippen molar-refractivity contribution in [1.29, 1.82) is 0 Å². The number of nitrogens with zero attached hydrogens (tertiary/aromatic N) is 1. The van der Waals surface area contributed by atoms with Crippen LogP contribution < -0.4 is 5.73 Å². The third-order valence-corrected chi connectivity index (χ3v) is 3.42. The van der Waals surface area contributed by atoms with E-state index in [1.807, 2.05) is 0 Å². The molecular formula is C14H22N2O. The molecular weight excluding hydrogens is 212 g/mol. The first-order chi connectivity index (χ1) is 8.12. The molecule has 0 bridgehead atoms. The fourth-order valence-corrected chi connectivity index (χ4v) is 2.26. The van der Waals surface area contributed by atoms with Gasteiger partial charge < -0.3 is 10.5 Å². The Bertz CT molecular complexity index is 376. The van der Waals surface area contributed by atoms with E-state index in [2.05, 4.69) is 43.0 Å². The van der Waals surface area contributed by atoms with Crippen molar-refractivity contribution in [2.75, 3.05) is 19.8 Å². The van der Waals surface area contributed by atoms with E-state index in [1.54, 1.807) is 0 Å². The molecule has 1 fully saturated rings. The molecule has 17 heavy (non-hydrogen) atoms. The molecule has 94 valence electrons. The van der Waals surface area contributed by atoms with Gasteiger partial charge in [0.15, 0.2) is 0 Å². The molecule has 2 rings (SSSR count). The highest BCUT2D eigenvalue weighted by Crippen LogP contribution is 2.21. The summed E-state index contributed by atoms with van der Waals surface area (Å²) in [6, 6.07) is 8.54. The van der Waals surface area contributed by atoms with Gasteiger partial charge in [0.2, 0.25) is 0 Å². The van der Waals surface area contributed by atoms with Gasteiger partial charge >= 0.3 is 0 Å². The van der Waals surface area contributed by atoms with E-state index in [4.69, 9.17) is 10.5 Å². The van der Waals surface area contributed by atoms with Crippen molar-refractivity contribution in [3.05, 3.63) is 35.4 Å². The van der Waals surface area contributed by atoms with Gasteiger partial charge in [0, 0.05) is 25.2 Å². The van der Waals surface area contributed by atoms with E-state index in [9.17, 15) is 0 Å². The zero-order chi connectivity index (χ0) is 12.3. The van der Waals surface area contributed by atoms with Crippen LogP contribution in [0.4, 0.5) is 0 Å². The minimum absolute atomic E-state index is 0.122. The Morgan fingerprint density at radius 2 is 2.12 bits per heavy atom. The second-order valence-electron chi connectivity index (χ2n) is 5.31.